The molecule has 0 rings (SSSR count). The molecule has 0 aliphatic heterocycles. The van der Waals surface area contributed by atoms with Crippen molar-refractivity contribution in [1.82, 2.24) is 0 Å². The molecule has 554 valence electrons. The van der Waals surface area contributed by atoms with E-state index in [0.717, 1.165) is 141 Å². The van der Waals surface area contributed by atoms with Crippen LogP contribution in [0.2, 0.25) is 0 Å². The van der Waals surface area contributed by atoms with Crippen molar-refractivity contribution in [2.24, 2.45) is 0 Å². The van der Waals surface area contributed by atoms with Gasteiger partial charge in [-0.3, -0.25) is 32.5 Å². The van der Waals surface area contributed by atoms with Gasteiger partial charge < -0.3 is 34.2 Å². The lowest BCUT2D eigenvalue weighted by atomic mass is 10.1. The van der Waals surface area contributed by atoms with E-state index in [0.29, 0.717) is 25.7 Å². The summed E-state index contributed by atoms with van der Waals surface area (Å²) in [5.41, 5.74) is 0. The molecule has 5 unspecified atom stereocenters. The quantitative estimate of drug-likeness (QED) is 0.0146. The first kappa shape index (κ1) is 92.4. The van der Waals surface area contributed by atoms with Crippen LogP contribution in [-0.4, -0.2) is 95.9 Å². The van der Waals surface area contributed by atoms with Crippen molar-refractivity contribution in [2.75, 3.05) is 39.6 Å². The number of carbonyl (C=O) groups excluding carboxylic acids is 3. The van der Waals surface area contributed by atoms with Crippen molar-refractivity contribution in [3.63, 3.8) is 0 Å². The number of unbranched alkanes of at least 4 members (excludes halogenated alkanes) is 22. The summed E-state index contributed by atoms with van der Waals surface area (Å²) in [7, 11) is -9.81. The standard InChI is InChI=1S/C79H132O16P2/c1-4-7-10-13-16-19-22-25-28-30-31-32-33-34-35-36-37-38-39-40-41-43-46-47-50-53-56-59-62-65-77(82)89-68-74(80)69-91-96(85,86)92-70-75(81)71-93-97(87,88)94-73-76(95-79(84)67-64-61-58-55-52-49-44-27-24-21-18-15-12-9-6-3)72-90-78(83)66-63-60-57-54-51-48-45-42-29-26-23-20-17-14-11-8-5-2/h7-8,10-11,16-17,19-20,25-29,31-32,34-35,37-38,44-45,48,54,57,74-76,80-81H,4-6,9,12-15,18,21-24,30,33,36,39-43,46-47,49-53,55-56,58-73H2,1-3H3,(H,85,86)(H,87,88)/b10-7-,11-8-,19-16-,20-17-,28-25-,29-26-,32-31-,35-34-,38-37-,44-27-,48-45-,57-54-. The molecule has 4 N–H and O–H groups in total. The Bertz CT molecular complexity index is 2350. The summed E-state index contributed by atoms with van der Waals surface area (Å²) in [6.07, 6.45) is 86.2. The van der Waals surface area contributed by atoms with Crippen molar-refractivity contribution in [3.05, 3.63) is 146 Å². The van der Waals surface area contributed by atoms with Gasteiger partial charge in [-0.2, -0.15) is 0 Å². The van der Waals surface area contributed by atoms with Gasteiger partial charge in [-0.1, -0.05) is 269 Å². The zero-order chi connectivity index (χ0) is 70.9. The molecule has 0 amide bonds. The number of allylic oxidation sites excluding steroid dienone is 24. The summed E-state index contributed by atoms with van der Waals surface area (Å²) in [5, 5.41) is 20.6. The highest BCUT2D eigenvalue weighted by molar-refractivity contribution is 7.47. The number of esters is 3. The summed E-state index contributed by atoms with van der Waals surface area (Å²) in [5.74, 6) is -1.66. The van der Waals surface area contributed by atoms with Crippen LogP contribution in [0, 0.1) is 0 Å². The molecular weight excluding hydrogens is 1270 g/mol. The van der Waals surface area contributed by atoms with Crippen LogP contribution < -0.4 is 0 Å². The Morgan fingerprint density at radius 1 is 0.299 bits per heavy atom. The van der Waals surface area contributed by atoms with Gasteiger partial charge in [-0.15, -0.1) is 0 Å². The zero-order valence-electron chi connectivity index (χ0n) is 60.2. The molecule has 0 aliphatic rings. The average Bonchev–Trinajstić information content (AvgIpc) is 1.48. The number of hydrogen-bond acceptors (Lipinski definition) is 14. The van der Waals surface area contributed by atoms with E-state index in [4.69, 9.17) is 32.3 Å². The molecule has 18 heteroatoms. The van der Waals surface area contributed by atoms with Crippen molar-refractivity contribution < 1.29 is 75.8 Å². The molecular formula is C79H132O16P2. The Labute approximate surface area is 587 Å². The van der Waals surface area contributed by atoms with Gasteiger partial charge in [0.25, 0.3) is 0 Å². The Hall–Kier alpha value is -4.57. The lowest BCUT2D eigenvalue weighted by molar-refractivity contribution is -0.161. The summed E-state index contributed by atoms with van der Waals surface area (Å²) < 4.78 is 60.9. The van der Waals surface area contributed by atoms with Crippen LogP contribution in [0.4, 0.5) is 0 Å². The molecule has 0 fully saturated rings. The van der Waals surface area contributed by atoms with Gasteiger partial charge >= 0.3 is 33.6 Å². The number of aliphatic hydroxyl groups is 2. The molecule has 97 heavy (non-hydrogen) atoms. The molecule has 0 aromatic rings. The van der Waals surface area contributed by atoms with Crippen LogP contribution in [0.25, 0.3) is 0 Å². The van der Waals surface area contributed by atoms with Crippen molar-refractivity contribution in [3.8, 4) is 0 Å². The topological polar surface area (TPSA) is 231 Å². The van der Waals surface area contributed by atoms with Crippen LogP contribution >= 0.6 is 15.6 Å². The van der Waals surface area contributed by atoms with E-state index in [1.165, 1.54) is 70.6 Å². The predicted molar refractivity (Wildman–Crippen MR) is 399 cm³/mol. The van der Waals surface area contributed by atoms with E-state index < -0.39 is 91.5 Å². The van der Waals surface area contributed by atoms with Gasteiger partial charge in [0.2, 0.25) is 0 Å². The maximum atomic E-state index is 12.9. The molecule has 16 nitrogen and oxygen atoms in total. The predicted octanol–water partition coefficient (Wildman–Crippen LogP) is 21.3. The third-order valence-corrected chi connectivity index (χ3v) is 16.9. The second-order valence-corrected chi connectivity index (χ2v) is 27.2. The van der Waals surface area contributed by atoms with Gasteiger partial charge in [0.1, 0.15) is 25.4 Å². The maximum Gasteiger partial charge on any atom is 0.472 e. The summed E-state index contributed by atoms with van der Waals surface area (Å²) >= 11 is 0. The normalized spacial score (nSPS) is 14.9. The number of hydrogen-bond donors (Lipinski definition) is 4. The van der Waals surface area contributed by atoms with Crippen LogP contribution in [0.5, 0.6) is 0 Å². The fourth-order valence-corrected chi connectivity index (χ4v) is 11.0. The minimum atomic E-state index is -4.94. The van der Waals surface area contributed by atoms with E-state index in [1.54, 1.807) is 0 Å². The summed E-state index contributed by atoms with van der Waals surface area (Å²) in [4.78, 5) is 58.5. The first-order valence-corrected chi connectivity index (χ1v) is 40.1. The Kier molecular flexibility index (Phi) is 67.9. The Balaban J connectivity index is 4.57. The first-order valence-electron chi connectivity index (χ1n) is 37.1. The zero-order valence-corrected chi connectivity index (χ0v) is 62.0. The fraction of sp³-hybridized carbons (Fsp3) is 0.658. The number of aliphatic hydroxyl groups excluding tert-OH is 2. The summed E-state index contributed by atoms with van der Waals surface area (Å²) in [6, 6.07) is 0. The first-order chi connectivity index (χ1) is 47.2. The number of phosphoric ester groups is 2. The van der Waals surface area contributed by atoms with Crippen LogP contribution in [0.15, 0.2) is 146 Å². The summed E-state index contributed by atoms with van der Waals surface area (Å²) in [6.45, 7) is 2.35. The number of carbonyl (C=O) groups is 3. The lowest BCUT2D eigenvalue weighted by Gasteiger charge is -2.21. The lowest BCUT2D eigenvalue weighted by Crippen LogP contribution is -2.30. The van der Waals surface area contributed by atoms with Gasteiger partial charge in [-0.25, -0.2) is 9.13 Å². The molecule has 0 aromatic carbocycles. The molecule has 0 heterocycles. The molecule has 0 aromatic heterocycles. The number of phosphoric acid groups is 2. The highest BCUT2D eigenvalue weighted by Gasteiger charge is 2.29. The third kappa shape index (κ3) is 72.5. The van der Waals surface area contributed by atoms with E-state index in [-0.39, 0.29) is 19.3 Å². The van der Waals surface area contributed by atoms with E-state index >= 15 is 0 Å². The van der Waals surface area contributed by atoms with Crippen LogP contribution in [0.3, 0.4) is 0 Å². The average molecular weight is 1400 g/mol. The fourth-order valence-electron chi connectivity index (χ4n) is 9.43. The van der Waals surface area contributed by atoms with Gasteiger partial charge in [0.15, 0.2) is 6.10 Å². The van der Waals surface area contributed by atoms with E-state index in [1.807, 2.05) is 12.2 Å². The second kappa shape index (κ2) is 71.3. The van der Waals surface area contributed by atoms with Crippen LogP contribution in [-0.2, 0) is 55.8 Å². The highest BCUT2D eigenvalue weighted by Crippen LogP contribution is 2.45. The monoisotopic (exact) mass is 1400 g/mol. The molecule has 0 saturated carbocycles. The SMILES string of the molecule is CC/C=C\C/C=C\C/C=C\C/C=C\C/C=C\C/C=C\CCCCCCCCCCCCC(=O)OCC(O)COP(=O)(O)OCC(O)COP(=O)(O)OCC(COC(=O)CCC/C=C\C/C=C\C/C=C\C/C=C\C/C=C\CC)OC(=O)CCCCCCC/C=C\CCCCCCCC. The van der Waals surface area contributed by atoms with Crippen LogP contribution in [0.1, 0.15) is 278 Å². The number of ether oxygens (including phenoxy) is 3. The molecule has 0 saturated heterocycles. The molecule has 0 spiro atoms. The second-order valence-electron chi connectivity index (χ2n) is 24.3. The van der Waals surface area contributed by atoms with Crippen molar-refractivity contribution >= 4 is 33.6 Å². The molecule has 0 aliphatic carbocycles. The Morgan fingerprint density at radius 3 is 0.918 bits per heavy atom. The van der Waals surface area contributed by atoms with E-state index in [9.17, 15) is 43.5 Å². The minimum Gasteiger partial charge on any atom is -0.463 e. The Morgan fingerprint density at radius 2 is 0.557 bits per heavy atom. The van der Waals surface area contributed by atoms with Gasteiger partial charge in [-0.05, 0) is 135 Å². The third-order valence-electron chi connectivity index (χ3n) is 15.0. The molecule has 0 bridgehead atoms. The minimum absolute atomic E-state index is 0.0794. The van der Waals surface area contributed by atoms with Gasteiger partial charge in [0.05, 0.1) is 26.4 Å². The number of rotatable bonds is 69. The van der Waals surface area contributed by atoms with Gasteiger partial charge in [0, 0.05) is 19.3 Å². The molecule has 0 radical (unpaired) electrons. The van der Waals surface area contributed by atoms with Crippen molar-refractivity contribution in [2.45, 2.75) is 296 Å². The van der Waals surface area contributed by atoms with Crippen molar-refractivity contribution in [1.29, 1.82) is 0 Å². The highest BCUT2D eigenvalue weighted by atomic mass is 31.2. The largest absolute Gasteiger partial charge is 0.472 e. The maximum absolute atomic E-state index is 12.9. The molecule has 5 atom stereocenters. The van der Waals surface area contributed by atoms with E-state index in [2.05, 4.69) is 154 Å². The smallest absolute Gasteiger partial charge is 0.463 e.